The van der Waals surface area contributed by atoms with Crippen molar-refractivity contribution in [2.75, 3.05) is 14.7 Å². The average Bonchev–Trinajstić information content (AvgIpc) is 1.71. The van der Waals surface area contributed by atoms with Crippen LogP contribution in [0.2, 0.25) is 0 Å². The Hall–Kier alpha value is -17.8. The van der Waals surface area contributed by atoms with Crippen molar-refractivity contribution in [3.63, 3.8) is 0 Å². The van der Waals surface area contributed by atoms with Gasteiger partial charge in [0.2, 0.25) is 17.8 Å². The van der Waals surface area contributed by atoms with Crippen molar-refractivity contribution in [1.82, 2.24) is 34.5 Å². The van der Waals surface area contributed by atoms with Crippen LogP contribution in [0.15, 0.2) is 426 Å². The second kappa shape index (κ2) is 29.4. The maximum atomic E-state index is 6.67. The van der Waals surface area contributed by atoms with Crippen LogP contribution in [-0.4, -0.2) is 34.5 Å². The quantitative estimate of drug-likeness (QED) is 0.150. The summed E-state index contributed by atoms with van der Waals surface area (Å²) in [5, 5.41) is 17.4. The van der Waals surface area contributed by atoms with Crippen molar-refractivity contribution in [3.05, 3.63) is 413 Å². The Bertz CT molecular complexity index is 9920. The molecule has 15 heteroatoms. The highest BCUT2D eigenvalue weighted by molar-refractivity contribution is 7.26. The summed E-state index contributed by atoms with van der Waals surface area (Å²) in [6.07, 6.45) is 0. The number of benzene rings is 19. The molecule has 19 aromatic carbocycles. The highest BCUT2D eigenvalue weighted by Crippen LogP contribution is 2.57. The first-order chi connectivity index (χ1) is 67.0. The molecule has 28 aromatic rings. The lowest BCUT2D eigenvalue weighted by molar-refractivity contribution is 0.667. The first-order valence-corrected chi connectivity index (χ1v) is 46.8. The normalized spacial score (nSPS) is 12.5. The van der Waals surface area contributed by atoms with E-state index in [-0.39, 0.29) is 0 Å². The van der Waals surface area contributed by atoms with Crippen LogP contribution < -0.4 is 14.7 Å². The number of aromatic nitrogens is 7. The lowest BCUT2D eigenvalue weighted by atomic mass is 9.91. The molecule has 135 heavy (non-hydrogen) atoms. The predicted octanol–water partition coefficient (Wildman–Crippen LogP) is 33.8. The van der Waals surface area contributed by atoms with E-state index in [0.717, 1.165) is 150 Å². The molecule has 0 saturated heterocycles. The Labute approximate surface area is 777 Å². The van der Waals surface area contributed by atoms with Gasteiger partial charge >= 0.3 is 0 Å². The number of fused-ring (bicyclic) bond motifs is 24. The van der Waals surface area contributed by atoms with Gasteiger partial charge in [-0.05, 0) is 148 Å². The second-order valence-corrected chi connectivity index (χ2v) is 36.7. The summed E-state index contributed by atoms with van der Waals surface area (Å²) >= 11 is 3.61. The molecule has 13 nitrogen and oxygen atoms in total. The number of nitrogens with zero attached hydrogens (tertiary/aromatic N) is 10. The van der Waals surface area contributed by atoms with Crippen molar-refractivity contribution < 1.29 is 13.3 Å². The predicted molar refractivity (Wildman–Crippen MR) is 558 cm³/mol. The van der Waals surface area contributed by atoms with E-state index >= 15 is 0 Å². The van der Waals surface area contributed by atoms with Crippen LogP contribution in [-0.2, 0) is 0 Å². The highest BCUT2D eigenvalue weighted by atomic mass is 32.1. The van der Waals surface area contributed by atoms with E-state index in [1.807, 2.05) is 65.9 Å². The summed E-state index contributed by atoms with van der Waals surface area (Å²) < 4.78 is 27.0. The van der Waals surface area contributed by atoms with Crippen molar-refractivity contribution in [1.29, 1.82) is 0 Å². The van der Waals surface area contributed by atoms with Gasteiger partial charge in [-0.25, -0.2) is 29.9 Å². The molecule has 0 bridgehead atoms. The van der Waals surface area contributed by atoms with Gasteiger partial charge in [0.15, 0.2) is 16.7 Å². The summed E-state index contributed by atoms with van der Waals surface area (Å²) in [5.74, 6) is 1.86. The number of rotatable bonds is 7. The van der Waals surface area contributed by atoms with E-state index in [1.165, 1.54) is 100 Å². The summed E-state index contributed by atoms with van der Waals surface area (Å²) in [6, 6.07) is 145. The fourth-order valence-electron chi connectivity index (χ4n) is 21.4. The van der Waals surface area contributed by atoms with E-state index in [9.17, 15) is 0 Å². The van der Waals surface area contributed by atoms with Gasteiger partial charge < -0.3 is 17.8 Å². The monoisotopic (exact) mass is 1760 g/mol. The third-order valence-electron chi connectivity index (χ3n) is 27.2. The number of para-hydroxylation sites is 8. The van der Waals surface area contributed by atoms with E-state index < -0.39 is 0 Å². The lowest BCUT2D eigenvalue weighted by Gasteiger charge is -2.32. The van der Waals surface area contributed by atoms with Crippen LogP contribution >= 0.6 is 22.7 Å². The van der Waals surface area contributed by atoms with Crippen LogP contribution in [0, 0.1) is 0 Å². The maximum Gasteiger partial charge on any atom is 0.236 e. The zero-order valence-corrected chi connectivity index (χ0v) is 73.4. The first-order valence-electron chi connectivity index (χ1n) is 45.2. The van der Waals surface area contributed by atoms with Crippen LogP contribution in [0.1, 0.15) is 0 Å². The van der Waals surface area contributed by atoms with Gasteiger partial charge in [-0.1, -0.05) is 297 Å². The van der Waals surface area contributed by atoms with Gasteiger partial charge in [0.1, 0.15) is 50.4 Å². The summed E-state index contributed by atoms with van der Waals surface area (Å²) in [7, 11) is 0. The van der Waals surface area contributed by atoms with E-state index in [4.69, 9.17) is 43.2 Å². The first kappa shape index (κ1) is 75.1. The molecule has 0 radical (unpaired) electrons. The Morgan fingerprint density at radius 2 is 0.563 bits per heavy atom. The van der Waals surface area contributed by atoms with E-state index in [1.54, 1.807) is 11.3 Å². The third kappa shape index (κ3) is 11.3. The Balaban J connectivity index is 0.0000000987. The van der Waals surface area contributed by atoms with Crippen LogP contribution in [0.5, 0.6) is 0 Å². The molecule has 12 heterocycles. The van der Waals surface area contributed by atoms with Crippen molar-refractivity contribution >= 4 is 235 Å². The van der Waals surface area contributed by atoms with E-state index in [0.29, 0.717) is 34.6 Å². The standard InChI is InChI=1S/C44H26N4O.2C38H21N3OS/c1-2-15-28(16-3-1)47-35-23-8-5-18-31(35)40-33(21-12-25-37(40)47)42-43-41(32-19-6-9-26-38(32)49-43)45-44(46-42)48-34-22-7-4-17-29(34)30-20-10-13-27-14-11-24-36(48)39(27)30;1-4-18-29-23(12-1)25-15-7-10-22-11-8-19-30(33(22)25)41(29)38-39-34-27-14-2-5-20-31(27)42-36(34)35(40-38)28-17-9-16-26-24-13-3-6-21-32(24)43-37(26)28;1-4-15-29-24(11-1)27-14-7-9-22-10-8-16-30(34(22)27)41(29)38-39-35(37-36(40-38)28-13-2-5-17-31(28)42-37)23-19-20-26-25-12-3-6-18-32(25)43-33(26)21-23/h1-26H;2*1-21H. The van der Waals surface area contributed by atoms with Crippen LogP contribution in [0.3, 0.4) is 0 Å². The van der Waals surface area contributed by atoms with E-state index in [2.05, 4.69) is 377 Å². The largest absolute Gasteiger partial charge is 0.452 e. The highest BCUT2D eigenvalue weighted by Gasteiger charge is 2.35. The Kier molecular flexibility index (Phi) is 16.3. The number of anilines is 9. The molecule has 0 spiro atoms. The van der Waals surface area contributed by atoms with Gasteiger partial charge in [-0.2, -0.15) is 0 Å². The smallest absolute Gasteiger partial charge is 0.236 e. The van der Waals surface area contributed by atoms with Gasteiger partial charge in [-0.15, -0.1) is 22.7 Å². The summed E-state index contributed by atoms with van der Waals surface area (Å²) in [4.78, 5) is 38.8. The van der Waals surface area contributed by atoms with Crippen molar-refractivity contribution in [2.45, 2.75) is 0 Å². The van der Waals surface area contributed by atoms with Crippen molar-refractivity contribution in [3.8, 4) is 72.8 Å². The topological polar surface area (TPSA) is 131 Å². The number of hydrogen-bond donors (Lipinski definition) is 0. The molecular weight excluding hydrogens is 1690 g/mol. The number of furan rings is 3. The molecule has 3 aliphatic rings. The average molecular weight is 1760 g/mol. The van der Waals surface area contributed by atoms with Gasteiger partial charge in [0.05, 0.1) is 45.2 Å². The molecular formula is C120H68N10O3S2. The molecule has 628 valence electrons. The zero-order valence-electron chi connectivity index (χ0n) is 71.8. The fourth-order valence-corrected chi connectivity index (χ4v) is 23.8. The minimum Gasteiger partial charge on any atom is -0.452 e. The molecule has 31 rings (SSSR count). The number of thiophene rings is 2. The molecule has 0 saturated carbocycles. The molecule has 0 N–H and O–H groups in total. The molecule has 0 fully saturated rings. The molecule has 3 aliphatic heterocycles. The minimum absolute atomic E-state index is 0.604. The Morgan fingerprint density at radius 3 is 1.08 bits per heavy atom. The summed E-state index contributed by atoms with van der Waals surface area (Å²) in [6.45, 7) is 0. The molecule has 0 unspecified atom stereocenters. The molecule has 0 atom stereocenters. The van der Waals surface area contributed by atoms with Gasteiger partial charge in [0.25, 0.3) is 0 Å². The summed E-state index contributed by atoms with van der Waals surface area (Å²) in [5.41, 5.74) is 29.2. The third-order valence-corrected chi connectivity index (χ3v) is 29.5. The lowest BCUT2D eigenvalue weighted by Crippen LogP contribution is -2.17. The van der Waals surface area contributed by atoms with Crippen molar-refractivity contribution in [2.24, 2.45) is 0 Å². The maximum absolute atomic E-state index is 6.67. The number of hydrogen-bond acceptors (Lipinski definition) is 14. The Morgan fingerprint density at radius 1 is 0.215 bits per heavy atom. The van der Waals surface area contributed by atoms with Gasteiger partial charge in [-0.3, -0.25) is 14.7 Å². The van der Waals surface area contributed by atoms with Crippen LogP contribution in [0.4, 0.5) is 52.0 Å². The van der Waals surface area contributed by atoms with Crippen LogP contribution in [0.25, 0.3) is 234 Å². The fraction of sp³-hybridized carbons (Fsp3) is 0. The zero-order chi connectivity index (χ0) is 88.2. The molecule has 9 aromatic heterocycles. The minimum atomic E-state index is 0.604. The van der Waals surface area contributed by atoms with Gasteiger partial charge in [0, 0.05) is 123 Å². The molecule has 0 aliphatic carbocycles. The molecule has 0 amide bonds. The second-order valence-electron chi connectivity index (χ2n) is 34.5. The SMILES string of the molecule is c1ccc(-n2c3ccccc3c3c(-c4nc(N5c6ccccc6-c6cccc7cccc5c67)nc5c4oc4ccccc45)cccc32)cc1.c1ccc2c(c1)-c1cccc3cccc(c13)N2c1nc(-c2ccc3c(c2)sc2ccccc23)c2oc3ccccc3c2n1.c1ccc2c(c1)-c1cccc3cccc(c13)N2c1nc(-c2cccc3c2sc2ccccc23)c2oc3ccccc3c2n1.